The molecule has 2 aliphatic carbocycles. The second kappa shape index (κ2) is 6.46. The number of aliphatic hydroxyl groups is 1. The fourth-order valence-corrected chi connectivity index (χ4v) is 4.86. The summed E-state index contributed by atoms with van der Waals surface area (Å²) in [6, 6.07) is 3.75. The fourth-order valence-electron chi connectivity index (χ4n) is 4.86. The van der Waals surface area contributed by atoms with Gasteiger partial charge in [-0.15, -0.1) is 0 Å². The van der Waals surface area contributed by atoms with E-state index in [-0.39, 0.29) is 5.82 Å². The van der Waals surface area contributed by atoms with Crippen LogP contribution in [0.4, 0.5) is 4.39 Å². The number of piperazine rings is 1. The molecular weight excluding hydrogens is 293 g/mol. The first-order valence-corrected chi connectivity index (χ1v) is 8.95. The molecule has 1 N–H and O–H groups in total. The Morgan fingerprint density at radius 1 is 1.17 bits per heavy atom. The Balaban J connectivity index is 1.27. The van der Waals surface area contributed by atoms with Crippen molar-refractivity contribution < 1.29 is 9.50 Å². The fraction of sp³-hybridized carbons (Fsp3) is 0.722. The van der Waals surface area contributed by atoms with Crippen LogP contribution in [0, 0.1) is 17.7 Å². The zero-order valence-electron chi connectivity index (χ0n) is 13.6. The molecule has 0 amide bonds. The zero-order valence-corrected chi connectivity index (χ0v) is 13.6. The van der Waals surface area contributed by atoms with Gasteiger partial charge in [0.05, 0.1) is 11.9 Å². The lowest BCUT2D eigenvalue weighted by Crippen LogP contribution is -2.52. The SMILES string of the molecule is O[C@@H](CN1CCN([C@@H]2C[C@H]3CC[C@H]2C3)CC1)c1ccc(F)cn1. The van der Waals surface area contributed by atoms with Crippen molar-refractivity contribution >= 4 is 0 Å². The first kappa shape index (κ1) is 15.5. The summed E-state index contributed by atoms with van der Waals surface area (Å²) in [5, 5.41) is 10.3. The van der Waals surface area contributed by atoms with E-state index in [4.69, 9.17) is 0 Å². The van der Waals surface area contributed by atoms with E-state index >= 15 is 0 Å². The molecule has 4 nitrogen and oxygen atoms in total. The molecule has 23 heavy (non-hydrogen) atoms. The largest absolute Gasteiger partial charge is 0.385 e. The van der Waals surface area contributed by atoms with Crippen LogP contribution >= 0.6 is 0 Å². The van der Waals surface area contributed by atoms with Crippen molar-refractivity contribution in [3.05, 3.63) is 29.8 Å². The first-order chi connectivity index (χ1) is 11.2. The molecule has 0 spiro atoms. The van der Waals surface area contributed by atoms with Gasteiger partial charge < -0.3 is 5.11 Å². The highest BCUT2D eigenvalue weighted by molar-refractivity contribution is 5.08. The van der Waals surface area contributed by atoms with Gasteiger partial charge in [-0.1, -0.05) is 6.42 Å². The lowest BCUT2D eigenvalue weighted by Gasteiger charge is -2.41. The van der Waals surface area contributed by atoms with Gasteiger partial charge in [0.2, 0.25) is 0 Å². The van der Waals surface area contributed by atoms with Crippen molar-refractivity contribution in [2.24, 2.45) is 11.8 Å². The summed E-state index contributed by atoms with van der Waals surface area (Å²) in [6.07, 6.45) is 6.30. The molecule has 4 atom stereocenters. The van der Waals surface area contributed by atoms with E-state index in [9.17, 15) is 9.50 Å². The standard InChI is InChI=1S/C18H26FN3O/c19-15-3-4-16(20-11-15)18(23)12-21-5-7-22(8-6-21)17-10-13-1-2-14(17)9-13/h3-4,11,13-14,17-18,23H,1-2,5-10,12H2/t13-,14-,17+,18-/m0/s1. The number of nitrogens with zero attached hydrogens (tertiary/aromatic N) is 3. The van der Waals surface area contributed by atoms with Crippen LogP contribution in [0.1, 0.15) is 37.5 Å². The van der Waals surface area contributed by atoms with Crippen molar-refractivity contribution in [2.75, 3.05) is 32.7 Å². The van der Waals surface area contributed by atoms with Crippen molar-refractivity contribution in [3.8, 4) is 0 Å². The molecular formula is C18H26FN3O. The summed E-state index contributed by atoms with van der Waals surface area (Å²) in [7, 11) is 0. The summed E-state index contributed by atoms with van der Waals surface area (Å²) < 4.78 is 12.9. The lowest BCUT2D eigenvalue weighted by atomic mass is 9.93. The van der Waals surface area contributed by atoms with Crippen molar-refractivity contribution in [1.29, 1.82) is 0 Å². The molecule has 2 heterocycles. The Labute approximate surface area is 137 Å². The molecule has 1 aliphatic heterocycles. The number of aromatic nitrogens is 1. The topological polar surface area (TPSA) is 39.6 Å². The number of halogens is 1. The molecule has 1 saturated heterocycles. The molecule has 0 unspecified atom stereocenters. The lowest BCUT2D eigenvalue weighted by molar-refractivity contribution is 0.0418. The normalized spacial score (nSPS) is 33.2. The zero-order chi connectivity index (χ0) is 15.8. The van der Waals surface area contributed by atoms with Crippen LogP contribution in [-0.4, -0.2) is 58.7 Å². The minimum absolute atomic E-state index is 0.361. The molecule has 1 aromatic rings. The van der Waals surface area contributed by atoms with Gasteiger partial charge in [-0.05, 0) is 43.2 Å². The van der Waals surface area contributed by atoms with Gasteiger partial charge in [-0.3, -0.25) is 14.8 Å². The molecule has 1 aromatic heterocycles. The summed E-state index contributed by atoms with van der Waals surface area (Å²) in [5.41, 5.74) is 0.557. The second-order valence-electron chi connectivity index (χ2n) is 7.50. The third kappa shape index (κ3) is 3.28. The minimum Gasteiger partial charge on any atom is -0.385 e. The van der Waals surface area contributed by atoms with E-state index in [2.05, 4.69) is 14.8 Å². The van der Waals surface area contributed by atoms with Crippen LogP contribution in [0.2, 0.25) is 0 Å². The molecule has 3 aliphatic rings. The van der Waals surface area contributed by atoms with Gasteiger partial charge in [0.15, 0.2) is 0 Å². The second-order valence-corrected chi connectivity index (χ2v) is 7.50. The Kier molecular flexibility index (Phi) is 4.35. The van der Waals surface area contributed by atoms with Crippen LogP contribution in [0.3, 0.4) is 0 Å². The summed E-state index contributed by atoms with van der Waals surface area (Å²) in [6.45, 7) is 4.82. The number of hydrogen-bond donors (Lipinski definition) is 1. The third-order valence-corrected chi connectivity index (χ3v) is 6.10. The summed E-state index contributed by atoms with van der Waals surface area (Å²) >= 11 is 0. The molecule has 2 saturated carbocycles. The summed E-state index contributed by atoms with van der Waals surface area (Å²) in [5.74, 6) is 1.58. The predicted molar refractivity (Wildman–Crippen MR) is 86.4 cm³/mol. The highest BCUT2D eigenvalue weighted by Crippen LogP contribution is 2.46. The molecule has 5 heteroatoms. The van der Waals surface area contributed by atoms with Crippen molar-refractivity contribution in [2.45, 2.75) is 37.8 Å². The van der Waals surface area contributed by atoms with Crippen LogP contribution in [0.25, 0.3) is 0 Å². The maximum absolute atomic E-state index is 12.9. The van der Waals surface area contributed by atoms with Crippen molar-refractivity contribution in [3.63, 3.8) is 0 Å². The molecule has 0 aromatic carbocycles. The number of rotatable bonds is 4. The van der Waals surface area contributed by atoms with E-state index in [1.807, 2.05) is 0 Å². The predicted octanol–water partition coefficient (Wildman–Crippen LogP) is 2.06. The van der Waals surface area contributed by atoms with Gasteiger partial charge in [0, 0.05) is 38.8 Å². The first-order valence-electron chi connectivity index (χ1n) is 8.95. The van der Waals surface area contributed by atoms with E-state index in [1.54, 1.807) is 6.07 Å². The Morgan fingerprint density at radius 2 is 2.00 bits per heavy atom. The van der Waals surface area contributed by atoms with Crippen LogP contribution in [0.5, 0.6) is 0 Å². The molecule has 0 radical (unpaired) electrons. The number of hydrogen-bond acceptors (Lipinski definition) is 4. The number of pyridine rings is 1. The Morgan fingerprint density at radius 3 is 2.61 bits per heavy atom. The number of β-amino-alcohol motifs (C(OH)–C–C–N with tert-alkyl or cyclic N) is 1. The van der Waals surface area contributed by atoms with Gasteiger partial charge in [-0.25, -0.2) is 4.39 Å². The van der Waals surface area contributed by atoms with Crippen LogP contribution < -0.4 is 0 Å². The quantitative estimate of drug-likeness (QED) is 0.922. The molecule has 2 bridgehead atoms. The van der Waals surface area contributed by atoms with Crippen molar-refractivity contribution in [1.82, 2.24) is 14.8 Å². The molecule has 126 valence electrons. The number of fused-ring (bicyclic) bond motifs is 2. The highest BCUT2D eigenvalue weighted by Gasteiger charge is 2.42. The Hall–Kier alpha value is -1.04. The Bertz CT molecular complexity index is 530. The van der Waals surface area contributed by atoms with Gasteiger partial charge in [-0.2, -0.15) is 0 Å². The van der Waals surface area contributed by atoms with Crippen LogP contribution in [-0.2, 0) is 0 Å². The van der Waals surface area contributed by atoms with Gasteiger partial charge >= 0.3 is 0 Å². The number of aliphatic hydroxyl groups excluding tert-OH is 1. The van der Waals surface area contributed by atoms with E-state index < -0.39 is 6.10 Å². The average Bonchev–Trinajstić information content (AvgIpc) is 3.19. The monoisotopic (exact) mass is 319 g/mol. The van der Waals surface area contributed by atoms with E-state index in [0.29, 0.717) is 12.2 Å². The third-order valence-electron chi connectivity index (χ3n) is 6.10. The minimum atomic E-state index is -0.635. The van der Waals surface area contributed by atoms with E-state index in [1.165, 1.54) is 37.9 Å². The van der Waals surface area contributed by atoms with E-state index in [0.717, 1.165) is 44.1 Å². The van der Waals surface area contributed by atoms with Gasteiger partial charge in [0.1, 0.15) is 11.9 Å². The molecule has 4 rings (SSSR count). The summed E-state index contributed by atoms with van der Waals surface area (Å²) in [4.78, 5) is 8.97. The van der Waals surface area contributed by atoms with Gasteiger partial charge in [0.25, 0.3) is 0 Å². The van der Waals surface area contributed by atoms with Crippen LogP contribution in [0.15, 0.2) is 18.3 Å². The maximum Gasteiger partial charge on any atom is 0.141 e. The average molecular weight is 319 g/mol. The smallest absolute Gasteiger partial charge is 0.141 e. The molecule has 3 fully saturated rings. The highest BCUT2D eigenvalue weighted by atomic mass is 19.1. The maximum atomic E-state index is 12.9.